The maximum Gasteiger partial charge on any atom is 0.315 e. The molecule has 0 aliphatic rings. The van der Waals surface area contributed by atoms with Gasteiger partial charge in [-0.3, -0.25) is 4.79 Å². The van der Waals surface area contributed by atoms with Gasteiger partial charge in [0.1, 0.15) is 5.41 Å². The van der Waals surface area contributed by atoms with Crippen molar-refractivity contribution in [3.8, 4) is 0 Å². The molecule has 0 aliphatic heterocycles. The van der Waals surface area contributed by atoms with Crippen molar-refractivity contribution in [3.05, 3.63) is 32.2 Å². The van der Waals surface area contributed by atoms with Crippen molar-refractivity contribution in [2.75, 3.05) is 0 Å². The maximum absolute atomic E-state index is 11.1. The molecule has 0 atom stereocenters. The predicted octanol–water partition coefficient (Wildman–Crippen LogP) is 2.86. The van der Waals surface area contributed by atoms with Crippen LogP contribution < -0.4 is 0 Å². The van der Waals surface area contributed by atoms with Crippen LogP contribution in [0.5, 0.6) is 0 Å². The lowest BCUT2D eigenvalue weighted by Crippen LogP contribution is -2.28. The third-order valence-electron chi connectivity index (χ3n) is 2.73. The van der Waals surface area contributed by atoms with Crippen LogP contribution in [0.4, 0.5) is 0 Å². The van der Waals surface area contributed by atoms with Gasteiger partial charge in [0.15, 0.2) is 0 Å². The molecule has 0 amide bonds. The molecular weight excluding hydrogens is 268 g/mol. The minimum absolute atomic E-state index is 0.613. The molecule has 96 valence electrons. The summed E-state index contributed by atoms with van der Waals surface area (Å²) in [5.41, 5.74) is 0.667. The number of carboxylic acid groups (broad SMARTS) is 1. The fourth-order valence-electron chi connectivity index (χ4n) is 1.43. The minimum atomic E-state index is -0.938. The molecular formula is C12H14N2O2S2. The molecule has 1 N–H and O–H groups in total. The topological polar surface area (TPSA) is 63.1 Å². The van der Waals surface area contributed by atoms with Gasteiger partial charge in [0.25, 0.3) is 0 Å². The maximum atomic E-state index is 11.1. The number of aryl methyl sites for hydroxylation is 1. The molecule has 6 heteroatoms. The zero-order valence-corrected chi connectivity index (χ0v) is 12.1. The van der Waals surface area contributed by atoms with Gasteiger partial charge < -0.3 is 5.11 Å². The third-order valence-corrected chi connectivity index (χ3v) is 4.40. The Morgan fingerprint density at radius 1 is 1.33 bits per heavy atom. The standard InChI is InChI=1S/C12H14N2O2S2/c1-7-13-8(5-17-7)4-10-14-9(6-18-10)12(2,3)11(15)16/h5-6H,4H2,1-3H3,(H,15,16). The van der Waals surface area contributed by atoms with Gasteiger partial charge in [0.2, 0.25) is 0 Å². The van der Waals surface area contributed by atoms with Gasteiger partial charge in [-0.25, -0.2) is 9.97 Å². The van der Waals surface area contributed by atoms with Gasteiger partial charge in [0, 0.05) is 17.2 Å². The van der Waals surface area contributed by atoms with Crippen LogP contribution >= 0.6 is 22.7 Å². The predicted molar refractivity (Wildman–Crippen MR) is 72.4 cm³/mol. The molecule has 4 nitrogen and oxygen atoms in total. The van der Waals surface area contributed by atoms with Crippen LogP contribution in [0.15, 0.2) is 10.8 Å². The smallest absolute Gasteiger partial charge is 0.315 e. The fraction of sp³-hybridized carbons (Fsp3) is 0.417. The summed E-state index contributed by atoms with van der Waals surface area (Å²) in [5.74, 6) is -0.858. The van der Waals surface area contributed by atoms with E-state index in [1.807, 2.05) is 17.7 Å². The van der Waals surface area contributed by atoms with Crippen molar-refractivity contribution < 1.29 is 9.90 Å². The first-order valence-electron chi connectivity index (χ1n) is 5.49. The molecule has 0 bridgehead atoms. The molecule has 2 heterocycles. The number of nitrogens with zero attached hydrogens (tertiary/aromatic N) is 2. The number of aromatic nitrogens is 2. The van der Waals surface area contributed by atoms with Crippen LogP contribution in [0, 0.1) is 6.92 Å². The zero-order chi connectivity index (χ0) is 13.3. The van der Waals surface area contributed by atoms with Crippen molar-refractivity contribution in [1.29, 1.82) is 0 Å². The Kier molecular flexibility index (Phi) is 3.49. The van der Waals surface area contributed by atoms with Crippen LogP contribution in [0.1, 0.15) is 35.3 Å². The number of aliphatic carboxylic acids is 1. The highest BCUT2D eigenvalue weighted by Crippen LogP contribution is 2.26. The lowest BCUT2D eigenvalue weighted by molar-refractivity contribution is -0.142. The number of thiazole rings is 2. The second-order valence-electron chi connectivity index (χ2n) is 4.59. The van der Waals surface area contributed by atoms with E-state index < -0.39 is 11.4 Å². The Hall–Kier alpha value is -1.27. The summed E-state index contributed by atoms with van der Waals surface area (Å²) in [5, 5.41) is 14.9. The summed E-state index contributed by atoms with van der Waals surface area (Å²) in [6.45, 7) is 5.30. The minimum Gasteiger partial charge on any atom is -0.481 e. The van der Waals surface area contributed by atoms with Crippen LogP contribution in [0.3, 0.4) is 0 Å². The summed E-state index contributed by atoms with van der Waals surface area (Å²) in [6, 6.07) is 0. The molecule has 0 aromatic carbocycles. The summed E-state index contributed by atoms with van der Waals surface area (Å²) in [6.07, 6.45) is 0.671. The average Bonchev–Trinajstić information content (AvgIpc) is 2.88. The van der Waals surface area contributed by atoms with Crippen molar-refractivity contribution in [3.63, 3.8) is 0 Å². The van der Waals surface area contributed by atoms with E-state index in [1.165, 1.54) is 11.3 Å². The third kappa shape index (κ3) is 2.59. The van der Waals surface area contributed by atoms with Crippen molar-refractivity contribution in [2.45, 2.75) is 32.6 Å². The molecule has 2 rings (SSSR count). The highest BCUT2D eigenvalue weighted by molar-refractivity contribution is 7.10. The quantitative estimate of drug-likeness (QED) is 0.936. The Morgan fingerprint density at radius 3 is 2.61 bits per heavy atom. The number of hydrogen-bond donors (Lipinski definition) is 1. The average molecular weight is 282 g/mol. The van der Waals surface area contributed by atoms with E-state index >= 15 is 0 Å². The van der Waals surface area contributed by atoms with Gasteiger partial charge in [-0.15, -0.1) is 22.7 Å². The van der Waals surface area contributed by atoms with Gasteiger partial charge in [-0.2, -0.15) is 0 Å². The van der Waals surface area contributed by atoms with E-state index in [-0.39, 0.29) is 0 Å². The number of carbonyl (C=O) groups is 1. The number of rotatable bonds is 4. The van der Waals surface area contributed by atoms with Crippen LogP contribution in [0.2, 0.25) is 0 Å². The van der Waals surface area contributed by atoms with Crippen LogP contribution in [-0.2, 0) is 16.6 Å². The monoisotopic (exact) mass is 282 g/mol. The first-order chi connectivity index (χ1) is 8.39. The molecule has 0 unspecified atom stereocenters. The van der Waals surface area contributed by atoms with Crippen molar-refractivity contribution in [1.82, 2.24) is 9.97 Å². The Bertz CT molecular complexity index is 572. The zero-order valence-electron chi connectivity index (χ0n) is 10.4. The molecule has 0 saturated carbocycles. The second kappa shape index (κ2) is 4.78. The van der Waals surface area contributed by atoms with Crippen LogP contribution in [0.25, 0.3) is 0 Å². The Labute approximate surface area is 113 Å². The molecule has 0 saturated heterocycles. The normalized spacial score (nSPS) is 11.7. The van der Waals surface area contributed by atoms with Crippen molar-refractivity contribution in [2.24, 2.45) is 0 Å². The summed E-state index contributed by atoms with van der Waals surface area (Å²) in [4.78, 5) is 19.9. The molecule has 2 aromatic rings. The molecule has 18 heavy (non-hydrogen) atoms. The van der Waals surface area contributed by atoms with E-state index in [2.05, 4.69) is 9.97 Å². The lowest BCUT2D eigenvalue weighted by atomic mass is 9.90. The Balaban J connectivity index is 2.18. The van der Waals surface area contributed by atoms with E-state index in [9.17, 15) is 4.79 Å². The van der Waals surface area contributed by atoms with E-state index in [0.29, 0.717) is 12.1 Å². The van der Waals surface area contributed by atoms with Gasteiger partial charge >= 0.3 is 5.97 Å². The van der Waals surface area contributed by atoms with Crippen LogP contribution in [-0.4, -0.2) is 21.0 Å². The Morgan fingerprint density at radius 2 is 2.06 bits per heavy atom. The highest BCUT2D eigenvalue weighted by Gasteiger charge is 2.32. The van der Waals surface area contributed by atoms with E-state index in [1.54, 1.807) is 25.2 Å². The summed E-state index contributed by atoms with van der Waals surface area (Å²) >= 11 is 3.10. The fourth-order valence-corrected chi connectivity index (χ4v) is 3.02. The molecule has 0 radical (unpaired) electrons. The van der Waals surface area contributed by atoms with Crippen molar-refractivity contribution >= 4 is 28.6 Å². The van der Waals surface area contributed by atoms with E-state index in [0.717, 1.165) is 15.7 Å². The summed E-state index contributed by atoms with van der Waals surface area (Å²) in [7, 11) is 0. The molecule has 2 aromatic heterocycles. The van der Waals surface area contributed by atoms with Gasteiger partial charge in [-0.05, 0) is 20.8 Å². The first-order valence-corrected chi connectivity index (χ1v) is 7.25. The number of hydrogen-bond acceptors (Lipinski definition) is 5. The first kappa shape index (κ1) is 13.2. The van der Waals surface area contributed by atoms with E-state index in [4.69, 9.17) is 5.11 Å². The largest absolute Gasteiger partial charge is 0.481 e. The molecule has 0 fully saturated rings. The van der Waals surface area contributed by atoms with Gasteiger partial charge in [0.05, 0.1) is 21.4 Å². The molecule has 0 spiro atoms. The number of carboxylic acids is 1. The second-order valence-corrected chi connectivity index (χ2v) is 6.60. The van der Waals surface area contributed by atoms with Gasteiger partial charge in [-0.1, -0.05) is 0 Å². The lowest BCUT2D eigenvalue weighted by Gasteiger charge is -2.15. The highest BCUT2D eigenvalue weighted by atomic mass is 32.1. The SMILES string of the molecule is Cc1nc(Cc2nc(C(C)(C)C(=O)O)cs2)cs1. The summed E-state index contributed by atoms with van der Waals surface area (Å²) < 4.78 is 0. The molecule has 0 aliphatic carbocycles.